The first-order valence-electron chi connectivity index (χ1n) is 12.6. The van der Waals surface area contributed by atoms with Gasteiger partial charge in [0.2, 0.25) is 5.91 Å². The van der Waals surface area contributed by atoms with Gasteiger partial charge in [-0.05, 0) is 50.3 Å². The summed E-state index contributed by atoms with van der Waals surface area (Å²) in [5.74, 6) is 0.502. The maximum atomic E-state index is 13.5. The standard InChI is InChI=1S/C26H39N5O4/c1-3-9-20-12-7-14-29(16-13-20)19-22(32)30(15-8-17-35-2)23-24(27)31(26(34)28-25(23)33)18-21-10-5-4-6-11-21/h4-6,10-11,20H,3,7-9,12-19,27H2,1-2H3,(H,28,33,34). The number of nitrogens with one attached hydrogen (secondary N) is 1. The van der Waals surface area contributed by atoms with Crippen molar-refractivity contribution in [3.63, 3.8) is 0 Å². The summed E-state index contributed by atoms with van der Waals surface area (Å²) in [5, 5.41) is 0. The number of amides is 1. The average molecular weight is 486 g/mol. The quantitative estimate of drug-likeness (QED) is 0.473. The molecule has 0 saturated carbocycles. The molecule has 2 heterocycles. The third-order valence-electron chi connectivity index (χ3n) is 6.69. The molecule has 35 heavy (non-hydrogen) atoms. The van der Waals surface area contributed by atoms with E-state index in [1.54, 1.807) is 7.11 Å². The number of carbonyl (C=O) groups is 1. The molecule has 1 aromatic carbocycles. The van der Waals surface area contributed by atoms with E-state index in [2.05, 4.69) is 16.8 Å². The summed E-state index contributed by atoms with van der Waals surface area (Å²) >= 11 is 0. The third-order valence-corrected chi connectivity index (χ3v) is 6.69. The number of ether oxygens (including phenoxy) is 1. The minimum Gasteiger partial charge on any atom is -0.385 e. The van der Waals surface area contributed by atoms with Crippen molar-refractivity contribution in [1.82, 2.24) is 14.5 Å². The molecule has 0 bridgehead atoms. The number of H-pyrrole nitrogens is 1. The number of nitrogen functional groups attached to an aromatic ring is 1. The first-order chi connectivity index (χ1) is 16.9. The monoisotopic (exact) mass is 485 g/mol. The number of likely N-dealkylation sites (tertiary alicyclic amines) is 1. The number of hydrogen-bond acceptors (Lipinski definition) is 6. The van der Waals surface area contributed by atoms with Crippen LogP contribution >= 0.6 is 0 Å². The molecule has 1 amide bonds. The molecule has 9 heteroatoms. The Morgan fingerprint density at radius 2 is 1.97 bits per heavy atom. The Morgan fingerprint density at radius 3 is 2.69 bits per heavy atom. The zero-order valence-corrected chi connectivity index (χ0v) is 21.0. The van der Waals surface area contributed by atoms with Crippen molar-refractivity contribution in [3.8, 4) is 0 Å². The molecule has 3 rings (SSSR count). The number of anilines is 2. The summed E-state index contributed by atoms with van der Waals surface area (Å²) in [6, 6.07) is 9.38. The van der Waals surface area contributed by atoms with E-state index in [1.165, 1.54) is 28.7 Å². The largest absolute Gasteiger partial charge is 0.385 e. The lowest BCUT2D eigenvalue weighted by Crippen LogP contribution is -2.46. The summed E-state index contributed by atoms with van der Waals surface area (Å²) in [4.78, 5) is 45.0. The highest BCUT2D eigenvalue weighted by atomic mass is 16.5. The summed E-state index contributed by atoms with van der Waals surface area (Å²) in [7, 11) is 1.59. The molecule has 9 nitrogen and oxygen atoms in total. The molecule has 0 aliphatic carbocycles. The molecule has 1 aliphatic heterocycles. The Hall–Kier alpha value is -2.91. The van der Waals surface area contributed by atoms with E-state index in [4.69, 9.17) is 10.5 Å². The smallest absolute Gasteiger partial charge is 0.330 e. The average Bonchev–Trinajstić information content (AvgIpc) is 3.06. The van der Waals surface area contributed by atoms with Gasteiger partial charge in [0.05, 0.1) is 13.1 Å². The van der Waals surface area contributed by atoms with E-state index in [0.29, 0.717) is 18.9 Å². The topological polar surface area (TPSA) is 114 Å². The summed E-state index contributed by atoms with van der Waals surface area (Å²) in [5.41, 5.74) is 6.03. The Labute approximate surface area is 206 Å². The summed E-state index contributed by atoms with van der Waals surface area (Å²) in [6.45, 7) is 5.05. The second kappa shape index (κ2) is 13.3. The van der Waals surface area contributed by atoms with E-state index in [-0.39, 0.29) is 37.0 Å². The van der Waals surface area contributed by atoms with Crippen molar-refractivity contribution in [2.45, 2.75) is 52.0 Å². The van der Waals surface area contributed by atoms with Gasteiger partial charge in [-0.2, -0.15) is 0 Å². The van der Waals surface area contributed by atoms with Gasteiger partial charge < -0.3 is 15.4 Å². The normalized spacial score (nSPS) is 16.7. The van der Waals surface area contributed by atoms with Gasteiger partial charge in [-0.3, -0.25) is 24.0 Å². The zero-order chi connectivity index (χ0) is 25.2. The number of rotatable bonds is 11. The molecule has 1 fully saturated rings. The fraction of sp³-hybridized carbons (Fsp3) is 0.577. The highest BCUT2D eigenvalue weighted by Gasteiger charge is 2.26. The number of nitrogens with zero attached hydrogens (tertiary/aromatic N) is 3. The van der Waals surface area contributed by atoms with Crippen LogP contribution in [-0.2, 0) is 16.1 Å². The van der Waals surface area contributed by atoms with Crippen molar-refractivity contribution in [2.75, 3.05) is 50.5 Å². The lowest BCUT2D eigenvalue weighted by molar-refractivity contribution is -0.119. The van der Waals surface area contributed by atoms with E-state index in [1.807, 2.05) is 30.3 Å². The Morgan fingerprint density at radius 1 is 1.20 bits per heavy atom. The van der Waals surface area contributed by atoms with Crippen LogP contribution in [0.15, 0.2) is 39.9 Å². The number of carbonyl (C=O) groups excluding carboxylic acids is 1. The van der Waals surface area contributed by atoms with E-state index < -0.39 is 11.2 Å². The molecular formula is C26H39N5O4. The number of hydrogen-bond donors (Lipinski definition) is 2. The Bertz CT molecular complexity index is 1070. The van der Waals surface area contributed by atoms with Crippen LogP contribution in [0.2, 0.25) is 0 Å². The highest BCUT2D eigenvalue weighted by Crippen LogP contribution is 2.23. The third kappa shape index (κ3) is 7.29. The van der Waals surface area contributed by atoms with Crippen LogP contribution in [0.25, 0.3) is 0 Å². The van der Waals surface area contributed by atoms with Gasteiger partial charge in [0.1, 0.15) is 5.82 Å². The van der Waals surface area contributed by atoms with E-state index in [9.17, 15) is 14.4 Å². The van der Waals surface area contributed by atoms with Crippen molar-refractivity contribution >= 4 is 17.4 Å². The molecule has 0 radical (unpaired) electrons. The van der Waals surface area contributed by atoms with Gasteiger partial charge in [-0.25, -0.2) is 4.79 Å². The fourth-order valence-corrected chi connectivity index (χ4v) is 4.85. The first-order valence-corrected chi connectivity index (χ1v) is 12.6. The van der Waals surface area contributed by atoms with Crippen LogP contribution in [0.1, 0.15) is 51.0 Å². The van der Waals surface area contributed by atoms with Crippen LogP contribution in [0.4, 0.5) is 11.5 Å². The van der Waals surface area contributed by atoms with Gasteiger partial charge in [0, 0.05) is 20.3 Å². The Balaban J connectivity index is 1.87. The van der Waals surface area contributed by atoms with Crippen LogP contribution < -0.4 is 21.9 Å². The minimum atomic E-state index is -0.651. The van der Waals surface area contributed by atoms with Gasteiger partial charge in [-0.15, -0.1) is 0 Å². The first kappa shape index (κ1) is 26.7. The highest BCUT2D eigenvalue weighted by molar-refractivity contribution is 5.96. The minimum absolute atomic E-state index is 0.00718. The van der Waals surface area contributed by atoms with E-state index in [0.717, 1.165) is 31.5 Å². The zero-order valence-electron chi connectivity index (χ0n) is 21.0. The molecule has 1 saturated heterocycles. The van der Waals surface area contributed by atoms with Crippen LogP contribution in [0, 0.1) is 5.92 Å². The molecule has 2 aromatic rings. The van der Waals surface area contributed by atoms with Crippen molar-refractivity contribution in [2.24, 2.45) is 5.92 Å². The van der Waals surface area contributed by atoms with Crippen LogP contribution in [0.3, 0.4) is 0 Å². The van der Waals surface area contributed by atoms with Crippen LogP contribution in [-0.4, -0.2) is 60.3 Å². The van der Waals surface area contributed by atoms with Gasteiger partial charge in [0.25, 0.3) is 5.56 Å². The summed E-state index contributed by atoms with van der Waals surface area (Å²) in [6.07, 6.45) is 6.27. The molecule has 1 aliphatic rings. The molecule has 1 atom stereocenters. The predicted molar refractivity (Wildman–Crippen MR) is 139 cm³/mol. The number of nitrogens with two attached hydrogens (primary N) is 1. The molecular weight excluding hydrogens is 446 g/mol. The van der Waals surface area contributed by atoms with Gasteiger partial charge >= 0.3 is 5.69 Å². The number of aromatic nitrogens is 2. The molecule has 0 spiro atoms. The van der Waals surface area contributed by atoms with Crippen molar-refractivity contribution < 1.29 is 9.53 Å². The summed E-state index contributed by atoms with van der Waals surface area (Å²) < 4.78 is 6.48. The second-order valence-electron chi connectivity index (χ2n) is 9.32. The van der Waals surface area contributed by atoms with Crippen LogP contribution in [0.5, 0.6) is 0 Å². The number of benzene rings is 1. The lowest BCUT2D eigenvalue weighted by Gasteiger charge is -2.28. The lowest BCUT2D eigenvalue weighted by atomic mass is 9.96. The molecule has 192 valence electrons. The van der Waals surface area contributed by atoms with Gasteiger partial charge in [-0.1, -0.05) is 50.1 Å². The Kier molecular flexibility index (Phi) is 10.1. The maximum absolute atomic E-state index is 13.5. The van der Waals surface area contributed by atoms with Gasteiger partial charge in [0.15, 0.2) is 5.69 Å². The molecule has 1 aromatic heterocycles. The SMILES string of the molecule is CCCC1CCCN(CC(=O)N(CCCOC)c2c(N)n(Cc3ccccc3)c(=O)[nH]c2=O)CC1. The van der Waals surface area contributed by atoms with Crippen molar-refractivity contribution in [3.05, 3.63) is 56.7 Å². The molecule has 3 N–H and O–H groups in total. The predicted octanol–water partition coefficient (Wildman–Crippen LogP) is 2.44. The maximum Gasteiger partial charge on any atom is 0.330 e. The second-order valence-corrected chi connectivity index (χ2v) is 9.32. The number of methoxy groups -OCH3 is 1. The molecule has 1 unspecified atom stereocenters. The number of aromatic amines is 1. The van der Waals surface area contributed by atoms with E-state index >= 15 is 0 Å². The fourth-order valence-electron chi connectivity index (χ4n) is 4.85. The van der Waals surface area contributed by atoms with Crippen molar-refractivity contribution in [1.29, 1.82) is 0 Å².